The average molecular weight is 362 g/mol. The number of nitrogens with zero attached hydrogens (tertiary/aromatic N) is 3. The molecule has 3 aliphatic rings. The third kappa shape index (κ3) is 2.87. The molecule has 4 atom stereocenters. The predicted molar refractivity (Wildman–Crippen MR) is 112 cm³/mol. The highest BCUT2D eigenvalue weighted by atomic mass is 15.3. The molecule has 4 heterocycles. The molecule has 2 saturated heterocycles. The van der Waals surface area contributed by atoms with Crippen LogP contribution in [0.1, 0.15) is 54.0 Å². The number of hydrogen-bond donors (Lipinski definition) is 0. The van der Waals surface area contributed by atoms with Crippen molar-refractivity contribution in [3.63, 3.8) is 0 Å². The van der Waals surface area contributed by atoms with E-state index in [9.17, 15) is 0 Å². The number of likely N-dealkylation sites (N-methyl/N-ethyl adjacent to an activating group) is 1. The Kier molecular flexibility index (Phi) is 4.23. The highest BCUT2D eigenvalue weighted by molar-refractivity contribution is 5.64. The van der Waals surface area contributed by atoms with Gasteiger partial charge in [0.25, 0.3) is 0 Å². The lowest BCUT2D eigenvalue weighted by molar-refractivity contribution is 0.0412. The second-order valence-electron chi connectivity index (χ2n) is 8.96. The van der Waals surface area contributed by atoms with Crippen molar-refractivity contribution in [3.05, 3.63) is 58.9 Å². The molecule has 0 saturated carbocycles. The van der Waals surface area contributed by atoms with Gasteiger partial charge in [-0.3, -0.25) is 9.88 Å². The lowest BCUT2D eigenvalue weighted by Crippen LogP contribution is -2.60. The minimum absolute atomic E-state index is 0.641. The van der Waals surface area contributed by atoms with E-state index in [4.69, 9.17) is 0 Å². The number of rotatable bonds is 3. The average Bonchev–Trinajstić information content (AvgIpc) is 2.94. The lowest BCUT2D eigenvalue weighted by atomic mass is 9.74. The Labute approximate surface area is 163 Å². The first-order valence-corrected chi connectivity index (χ1v) is 10.6. The molecule has 142 valence electrons. The summed E-state index contributed by atoms with van der Waals surface area (Å²) in [4.78, 5) is 9.96. The first-order chi connectivity index (χ1) is 13.1. The standard InChI is InChI=1S/C24H31N3/c1-16-7-10-22-20(13-16)21-14-19-5-4-6-23(26(19)3)24(21)27(22)12-11-18-9-8-17(2)25-15-18/h7-10,13,15,19,21,23-24H,4-6,11-12,14H2,1-3H3/t19-,21+,23+,24-/m1/s1. The zero-order valence-electron chi connectivity index (χ0n) is 16.9. The normalized spacial score (nSPS) is 29.5. The zero-order valence-corrected chi connectivity index (χ0v) is 16.9. The van der Waals surface area contributed by atoms with Gasteiger partial charge in [-0.1, -0.05) is 30.2 Å². The van der Waals surface area contributed by atoms with Crippen molar-refractivity contribution in [2.45, 2.75) is 70.0 Å². The van der Waals surface area contributed by atoms with Gasteiger partial charge in [-0.15, -0.1) is 0 Å². The molecule has 1 aromatic heterocycles. The van der Waals surface area contributed by atoms with Gasteiger partial charge in [-0.25, -0.2) is 0 Å². The summed E-state index contributed by atoms with van der Waals surface area (Å²) in [7, 11) is 2.38. The molecule has 27 heavy (non-hydrogen) atoms. The first kappa shape index (κ1) is 17.2. The Balaban J connectivity index is 1.48. The number of aromatic nitrogens is 1. The first-order valence-electron chi connectivity index (χ1n) is 10.6. The number of aryl methyl sites for hydroxylation is 2. The van der Waals surface area contributed by atoms with Gasteiger partial charge in [0.2, 0.25) is 0 Å². The van der Waals surface area contributed by atoms with Crippen LogP contribution >= 0.6 is 0 Å². The van der Waals surface area contributed by atoms with Crippen LogP contribution in [0.25, 0.3) is 0 Å². The van der Waals surface area contributed by atoms with Crippen molar-refractivity contribution in [1.82, 2.24) is 9.88 Å². The fourth-order valence-corrected chi connectivity index (χ4v) is 5.93. The summed E-state index contributed by atoms with van der Waals surface area (Å²) >= 11 is 0. The second-order valence-corrected chi connectivity index (χ2v) is 8.96. The van der Waals surface area contributed by atoms with Crippen LogP contribution in [-0.4, -0.2) is 41.6 Å². The third-order valence-electron chi connectivity index (χ3n) is 7.33. The predicted octanol–water partition coefficient (Wildman–Crippen LogP) is 4.47. The smallest absolute Gasteiger partial charge is 0.0515 e. The number of hydrogen-bond acceptors (Lipinski definition) is 3. The van der Waals surface area contributed by atoms with Crippen molar-refractivity contribution >= 4 is 5.69 Å². The monoisotopic (exact) mass is 361 g/mol. The topological polar surface area (TPSA) is 19.4 Å². The number of fused-ring (bicyclic) bond motifs is 6. The summed E-state index contributed by atoms with van der Waals surface area (Å²) in [6, 6.07) is 13.7. The Morgan fingerprint density at radius 1 is 1.11 bits per heavy atom. The van der Waals surface area contributed by atoms with E-state index < -0.39 is 0 Å². The number of benzene rings is 1. The van der Waals surface area contributed by atoms with Crippen LogP contribution in [0.2, 0.25) is 0 Å². The van der Waals surface area contributed by atoms with Crippen molar-refractivity contribution in [2.75, 3.05) is 18.5 Å². The molecule has 2 aromatic rings. The van der Waals surface area contributed by atoms with Gasteiger partial charge in [-0.2, -0.15) is 0 Å². The van der Waals surface area contributed by atoms with Gasteiger partial charge >= 0.3 is 0 Å². The second kappa shape index (κ2) is 6.63. The van der Waals surface area contributed by atoms with Gasteiger partial charge in [0, 0.05) is 42.1 Å². The molecule has 0 amide bonds. The molecule has 3 heteroatoms. The largest absolute Gasteiger partial charge is 0.366 e. The van der Waals surface area contributed by atoms with Crippen molar-refractivity contribution in [2.24, 2.45) is 0 Å². The molecule has 5 rings (SSSR count). The molecule has 0 spiro atoms. The van der Waals surface area contributed by atoms with Crippen LogP contribution in [0.15, 0.2) is 36.5 Å². The quantitative estimate of drug-likeness (QED) is 0.804. The van der Waals surface area contributed by atoms with E-state index in [-0.39, 0.29) is 0 Å². The van der Waals surface area contributed by atoms with Gasteiger partial charge in [-0.05, 0) is 69.8 Å². The molecule has 3 aliphatic heterocycles. The number of anilines is 1. The Morgan fingerprint density at radius 2 is 2.00 bits per heavy atom. The fourth-order valence-electron chi connectivity index (χ4n) is 5.93. The van der Waals surface area contributed by atoms with E-state index in [0.29, 0.717) is 18.0 Å². The van der Waals surface area contributed by atoms with Crippen LogP contribution in [-0.2, 0) is 6.42 Å². The van der Waals surface area contributed by atoms with Crippen LogP contribution in [0.4, 0.5) is 5.69 Å². The summed E-state index contributed by atoms with van der Waals surface area (Å²) in [5, 5.41) is 0. The van der Waals surface area contributed by atoms with E-state index in [1.807, 2.05) is 0 Å². The minimum Gasteiger partial charge on any atom is -0.366 e. The highest BCUT2D eigenvalue weighted by Gasteiger charge is 2.50. The molecular weight excluding hydrogens is 330 g/mol. The molecule has 0 radical (unpaired) electrons. The molecule has 0 N–H and O–H groups in total. The summed E-state index contributed by atoms with van der Waals surface area (Å²) < 4.78 is 0. The summed E-state index contributed by atoms with van der Waals surface area (Å²) in [6.07, 6.45) is 8.59. The molecule has 0 aliphatic carbocycles. The number of piperidine rings is 2. The Morgan fingerprint density at radius 3 is 2.81 bits per heavy atom. The van der Waals surface area contributed by atoms with Crippen molar-refractivity contribution < 1.29 is 0 Å². The maximum atomic E-state index is 4.50. The molecular formula is C24H31N3. The van der Waals surface area contributed by atoms with Crippen LogP contribution in [0.5, 0.6) is 0 Å². The van der Waals surface area contributed by atoms with Crippen LogP contribution in [0.3, 0.4) is 0 Å². The van der Waals surface area contributed by atoms with Crippen LogP contribution < -0.4 is 4.90 Å². The maximum absolute atomic E-state index is 4.50. The van der Waals surface area contributed by atoms with E-state index in [2.05, 4.69) is 72.2 Å². The summed E-state index contributed by atoms with van der Waals surface area (Å²) in [5.41, 5.74) is 6.97. The van der Waals surface area contributed by atoms with Crippen molar-refractivity contribution in [3.8, 4) is 0 Å². The van der Waals surface area contributed by atoms with Gasteiger partial charge in [0.1, 0.15) is 0 Å². The Hall–Kier alpha value is -1.87. The van der Waals surface area contributed by atoms with Gasteiger partial charge in [0.15, 0.2) is 0 Å². The minimum atomic E-state index is 0.641. The van der Waals surface area contributed by atoms with Gasteiger partial charge < -0.3 is 4.90 Å². The van der Waals surface area contributed by atoms with E-state index in [1.54, 1.807) is 5.56 Å². The fraction of sp³-hybridized carbons (Fsp3) is 0.542. The number of pyridine rings is 1. The van der Waals surface area contributed by atoms with Gasteiger partial charge in [0.05, 0.1) is 6.04 Å². The van der Waals surface area contributed by atoms with Crippen molar-refractivity contribution in [1.29, 1.82) is 0 Å². The molecule has 2 fully saturated rings. The van der Waals surface area contributed by atoms with E-state index in [1.165, 1.54) is 42.5 Å². The summed E-state index contributed by atoms with van der Waals surface area (Å²) in [5.74, 6) is 0.711. The van der Waals surface area contributed by atoms with Crippen LogP contribution in [0, 0.1) is 13.8 Å². The summed E-state index contributed by atoms with van der Waals surface area (Å²) in [6.45, 7) is 5.40. The molecule has 0 unspecified atom stereocenters. The van der Waals surface area contributed by atoms with E-state index in [0.717, 1.165) is 24.7 Å². The lowest BCUT2D eigenvalue weighted by Gasteiger charge is -2.52. The highest BCUT2D eigenvalue weighted by Crippen LogP contribution is 2.51. The maximum Gasteiger partial charge on any atom is 0.0515 e. The molecule has 2 bridgehead atoms. The SMILES string of the molecule is Cc1ccc2c(c1)[C@@H]1C[C@H]3CCC[C@@H]([C@@H]1N2CCc1ccc(C)nc1)N3C. The zero-order chi connectivity index (χ0) is 18.5. The Bertz CT molecular complexity index is 828. The molecule has 1 aromatic carbocycles. The molecule has 3 nitrogen and oxygen atoms in total. The third-order valence-corrected chi connectivity index (χ3v) is 7.33. The van der Waals surface area contributed by atoms with E-state index >= 15 is 0 Å².